The van der Waals surface area contributed by atoms with E-state index in [1.165, 1.54) is 11.3 Å². The number of imidazole rings is 1. The molecule has 2 aromatic heterocycles. The SMILES string of the molecule is Cn1ccnc1CC(O)c1ccc(Cl)s1. The van der Waals surface area contributed by atoms with Gasteiger partial charge >= 0.3 is 0 Å². The van der Waals surface area contributed by atoms with Crippen molar-refractivity contribution in [3.63, 3.8) is 0 Å². The third-order valence-electron chi connectivity index (χ3n) is 2.22. The minimum absolute atomic E-state index is 0.514. The summed E-state index contributed by atoms with van der Waals surface area (Å²) in [6.45, 7) is 0. The molecule has 0 aromatic carbocycles. The zero-order valence-electron chi connectivity index (χ0n) is 8.22. The molecule has 0 saturated heterocycles. The number of aliphatic hydroxyl groups is 1. The molecule has 3 nitrogen and oxygen atoms in total. The lowest BCUT2D eigenvalue weighted by Crippen LogP contribution is -2.05. The summed E-state index contributed by atoms with van der Waals surface area (Å²) in [7, 11) is 1.91. The second kappa shape index (κ2) is 4.35. The molecule has 2 rings (SSSR count). The molecule has 0 bridgehead atoms. The van der Waals surface area contributed by atoms with Gasteiger partial charge in [-0.3, -0.25) is 0 Å². The fourth-order valence-electron chi connectivity index (χ4n) is 1.37. The molecule has 80 valence electrons. The Balaban J connectivity index is 2.10. The number of nitrogens with zero attached hydrogens (tertiary/aromatic N) is 2. The number of aromatic nitrogens is 2. The summed E-state index contributed by atoms with van der Waals surface area (Å²) in [5, 5.41) is 9.93. The second-order valence-electron chi connectivity index (χ2n) is 3.32. The fourth-order valence-corrected chi connectivity index (χ4v) is 2.42. The van der Waals surface area contributed by atoms with Crippen LogP contribution in [0.3, 0.4) is 0 Å². The van der Waals surface area contributed by atoms with Gasteiger partial charge in [0.15, 0.2) is 0 Å². The van der Waals surface area contributed by atoms with Crippen molar-refractivity contribution in [3.8, 4) is 0 Å². The average Bonchev–Trinajstić information content (AvgIpc) is 2.77. The zero-order chi connectivity index (χ0) is 10.8. The number of hydrogen-bond donors (Lipinski definition) is 1. The second-order valence-corrected chi connectivity index (χ2v) is 5.06. The van der Waals surface area contributed by atoms with E-state index >= 15 is 0 Å². The van der Waals surface area contributed by atoms with Crippen LogP contribution in [0, 0.1) is 0 Å². The highest BCUT2D eigenvalue weighted by atomic mass is 35.5. The minimum atomic E-state index is -0.524. The van der Waals surface area contributed by atoms with Crippen LogP contribution in [-0.4, -0.2) is 14.7 Å². The number of thiophene rings is 1. The average molecular weight is 243 g/mol. The van der Waals surface area contributed by atoms with Gasteiger partial charge in [0.05, 0.1) is 10.4 Å². The van der Waals surface area contributed by atoms with Crippen LogP contribution in [0.25, 0.3) is 0 Å². The molecule has 5 heteroatoms. The molecular weight excluding hydrogens is 232 g/mol. The van der Waals surface area contributed by atoms with Gasteiger partial charge in [0.1, 0.15) is 5.82 Å². The van der Waals surface area contributed by atoms with E-state index in [-0.39, 0.29) is 0 Å². The van der Waals surface area contributed by atoms with Crippen molar-refractivity contribution < 1.29 is 5.11 Å². The summed E-state index contributed by atoms with van der Waals surface area (Å²) in [5.74, 6) is 0.868. The first-order valence-electron chi connectivity index (χ1n) is 4.56. The van der Waals surface area contributed by atoms with Crippen molar-refractivity contribution in [2.75, 3.05) is 0 Å². The standard InChI is InChI=1S/C10H11ClN2OS/c1-13-5-4-12-10(13)6-7(14)8-2-3-9(11)15-8/h2-5,7,14H,6H2,1H3. The third-order valence-corrected chi connectivity index (χ3v) is 3.55. The fraction of sp³-hybridized carbons (Fsp3) is 0.300. The molecule has 0 aliphatic rings. The van der Waals surface area contributed by atoms with Crippen molar-refractivity contribution in [2.24, 2.45) is 7.05 Å². The molecule has 0 amide bonds. The van der Waals surface area contributed by atoms with Gasteiger partial charge in [-0.15, -0.1) is 11.3 Å². The van der Waals surface area contributed by atoms with Gasteiger partial charge in [-0.2, -0.15) is 0 Å². The van der Waals surface area contributed by atoms with Gasteiger partial charge in [0.2, 0.25) is 0 Å². The molecule has 15 heavy (non-hydrogen) atoms. The lowest BCUT2D eigenvalue weighted by molar-refractivity contribution is 0.178. The molecule has 0 radical (unpaired) electrons. The zero-order valence-corrected chi connectivity index (χ0v) is 9.79. The first-order valence-corrected chi connectivity index (χ1v) is 5.76. The van der Waals surface area contributed by atoms with E-state index in [4.69, 9.17) is 11.6 Å². The molecular formula is C10H11ClN2OS. The Morgan fingerprint density at radius 2 is 2.40 bits per heavy atom. The topological polar surface area (TPSA) is 38.0 Å². The maximum atomic E-state index is 9.93. The monoisotopic (exact) mass is 242 g/mol. The lowest BCUT2D eigenvalue weighted by Gasteiger charge is -2.07. The predicted molar refractivity (Wildman–Crippen MR) is 61.2 cm³/mol. The van der Waals surface area contributed by atoms with Gasteiger partial charge in [-0.25, -0.2) is 4.98 Å². The van der Waals surface area contributed by atoms with Gasteiger partial charge in [-0.05, 0) is 12.1 Å². The van der Waals surface area contributed by atoms with Crippen molar-refractivity contribution in [3.05, 3.63) is 39.6 Å². The predicted octanol–water partition coefficient (Wildman–Crippen LogP) is 2.41. The van der Waals surface area contributed by atoms with Crippen LogP contribution < -0.4 is 0 Å². The smallest absolute Gasteiger partial charge is 0.111 e. The summed E-state index contributed by atoms with van der Waals surface area (Å²) in [6, 6.07) is 3.64. The molecule has 2 heterocycles. The number of aliphatic hydroxyl groups excluding tert-OH is 1. The van der Waals surface area contributed by atoms with Gasteiger partial charge in [0, 0.05) is 30.7 Å². The molecule has 0 aliphatic carbocycles. The Bertz CT molecular complexity index is 452. The quantitative estimate of drug-likeness (QED) is 0.898. The van der Waals surface area contributed by atoms with E-state index in [9.17, 15) is 5.11 Å². The summed E-state index contributed by atoms with van der Waals surface area (Å²) in [6.07, 6.45) is 3.58. The Labute approximate surface area is 97.0 Å². The van der Waals surface area contributed by atoms with E-state index in [1.807, 2.05) is 23.9 Å². The molecule has 1 unspecified atom stereocenters. The van der Waals surface area contributed by atoms with Crippen LogP contribution in [-0.2, 0) is 13.5 Å². The molecule has 0 spiro atoms. The molecule has 0 fully saturated rings. The number of halogens is 1. The van der Waals surface area contributed by atoms with Gasteiger partial charge < -0.3 is 9.67 Å². The number of rotatable bonds is 3. The summed E-state index contributed by atoms with van der Waals surface area (Å²) in [5.41, 5.74) is 0. The Morgan fingerprint density at radius 1 is 1.60 bits per heavy atom. The third kappa shape index (κ3) is 2.40. The largest absolute Gasteiger partial charge is 0.387 e. The molecule has 0 aliphatic heterocycles. The summed E-state index contributed by atoms with van der Waals surface area (Å²) >= 11 is 7.21. The van der Waals surface area contributed by atoms with Crippen molar-refractivity contribution in [1.82, 2.24) is 9.55 Å². The molecule has 2 aromatic rings. The minimum Gasteiger partial charge on any atom is -0.387 e. The van der Waals surface area contributed by atoms with Crippen LogP contribution in [0.2, 0.25) is 4.34 Å². The van der Waals surface area contributed by atoms with Crippen molar-refractivity contribution in [1.29, 1.82) is 0 Å². The van der Waals surface area contributed by atoms with Crippen LogP contribution in [0.5, 0.6) is 0 Å². The first kappa shape index (κ1) is 10.7. The molecule has 1 atom stereocenters. The number of hydrogen-bond acceptors (Lipinski definition) is 3. The highest BCUT2D eigenvalue weighted by Crippen LogP contribution is 2.28. The maximum absolute atomic E-state index is 9.93. The highest BCUT2D eigenvalue weighted by Gasteiger charge is 2.13. The van der Waals surface area contributed by atoms with E-state index < -0.39 is 6.10 Å². The van der Waals surface area contributed by atoms with E-state index in [1.54, 1.807) is 12.3 Å². The summed E-state index contributed by atoms with van der Waals surface area (Å²) in [4.78, 5) is 5.04. The van der Waals surface area contributed by atoms with E-state index in [0.29, 0.717) is 10.8 Å². The van der Waals surface area contributed by atoms with Crippen molar-refractivity contribution >= 4 is 22.9 Å². The summed E-state index contributed by atoms with van der Waals surface area (Å²) < 4.78 is 2.60. The van der Waals surface area contributed by atoms with Crippen LogP contribution in [0.1, 0.15) is 16.8 Å². The lowest BCUT2D eigenvalue weighted by atomic mass is 10.2. The molecule has 1 N–H and O–H groups in total. The number of aryl methyl sites for hydroxylation is 1. The highest BCUT2D eigenvalue weighted by molar-refractivity contribution is 7.16. The Hall–Kier alpha value is -0.840. The normalized spacial score (nSPS) is 13.0. The van der Waals surface area contributed by atoms with Gasteiger partial charge in [-0.1, -0.05) is 11.6 Å². The van der Waals surface area contributed by atoms with Crippen LogP contribution in [0.15, 0.2) is 24.5 Å². The van der Waals surface area contributed by atoms with Gasteiger partial charge in [0.25, 0.3) is 0 Å². The Kier molecular flexibility index (Phi) is 3.09. The van der Waals surface area contributed by atoms with E-state index in [2.05, 4.69) is 4.98 Å². The first-order chi connectivity index (χ1) is 7.16. The maximum Gasteiger partial charge on any atom is 0.111 e. The molecule has 0 saturated carbocycles. The van der Waals surface area contributed by atoms with Crippen LogP contribution >= 0.6 is 22.9 Å². The van der Waals surface area contributed by atoms with E-state index in [0.717, 1.165) is 10.7 Å². The van der Waals surface area contributed by atoms with Crippen LogP contribution in [0.4, 0.5) is 0 Å². The Morgan fingerprint density at radius 3 is 2.93 bits per heavy atom. The van der Waals surface area contributed by atoms with Crippen molar-refractivity contribution in [2.45, 2.75) is 12.5 Å².